The maximum Gasteiger partial charge on any atom is 0.261 e. The second-order valence-electron chi connectivity index (χ2n) is 4.17. The lowest BCUT2D eigenvalue weighted by Crippen LogP contribution is -2.19. The van der Waals surface area contributed by atoms with E-state index in [0.717, 1.165) is 17.8 Å². The Bertz CT molecular complexity index is 578. The van der Waals surface area contributed by atoms with Gasteiger partial charge in [0.05, 0.1) is 11.4 Å². The van der Waals surface area contributed by atoms with Crippen molar-refractivity contribution in [3.8, 4) is 0 Å². The van der Waals surface area contributed by atoms with Crippen LogP contribution in [0.1, 0.15) is 29.9 Å². The van der Waals surface area contributed by atoms with Gasteiger partial charge in [0.25, 0.3) is 5.91 Å². The molecule has 0 radical (unpaired) electrons. The fraction of sp³-hybridized carbons (Fsp3) is 0.545. The average Bonchev–Trinajstić information content (AvgIpc) is 2.68. The van der Waals surface area contributed by atoms with Crippen LogP contribution in [0.25, 0.3) is 0 Å². The number of hydrogen-bond donors (Lipinski definition) is 2. The van der Waals surface area contributed by atoms with E-state index in [9.17, 15) is 13.2 Å². The fourth-order valence-corrected chi connectivity index (χ4v) is 4.41. The van der Waals surface area contributed by atoms with E-state index >= 15 is 0 Å². The molecule has 0 saturated heterocycles. The number of nitrogen functional groups attached to an aromatic ring is 1. The van der Waals surface area contributed by atoms with Crippen molar-refractivity contribution in [2.45, 2.75) is 25.2 Å². The van der Waals surface area contributed by atoms with Gasteiger partial charge in [-0.25, -0.2) is 8.42 Å². The van der Waals surface area contributed by atoms with Crippen molar-refractivity contribution in [2.75, 3.05) is 30.0 Å². The Labute approximate surface area is 117 Å². The third kappa shape index (κ3) is 3.01. The van der Waals surface area contributed by atoms with Crippen LogP contribution in [0, 0.1) is 0 Å². The SMILES string of the molecule is CCCN(C)c1sc(C(N)=O)c(N)c1S(=O)(=O)CC. The first-order valence-electron chi connectivity index (χ1n) is 5.92. The summed E-state index contributed by atoms with van der Waals surface area (Å²) in [5.41, 5.74) is 11.0. The first kappa shape index (κ1) is 15.8. The Balaban J connectivity index is 3.53. The van der Waals surface area contributed by atoms with Crippen LogP contribution in [0.3, 0.4) is 0 Å². The summed E-state index contributed by atoms with van der Waals surface area (Å²) in [6.07, 6.45) is 0.853. The maximum atomic E-state index is 12.1. The van der Waals surface area contributed by atoms with Gasteiger partial charge in [0.1, 0.15) is 14.8 Å². The Morgan fingerprint density at radius 1 is 1.37 bits per heavy atom. The topological polar surface area (TPSA) is 106 Å². The lowest BCUT2D eigenvalue weighted by Gasteiger charge is -2.18. The van der Waals surface area contributed by atoms with Crippen LogP contribution < -0.4 is 16.4 Å². The van der Waals surface area contributed by atoms with E-state index in [1.165, 1.54) is 0 Å². The molecule has 1 heterocycles. The number of hydrogen-bond acceptors (Lipinski definition) is 6. The lowest BCUT2D eigenvalue weighted by atomic mass is 10.3. The van der Waals surface area contributed by atoms with Crippen molar-refractivity contribution in [2.24, 2.45) is 5.73 Å². The quantitative estimate of drug-likeness (QED) is 0.817. The second kappa shape index (κ2) is 5.79. The number of sulfone groups is 1. The molecule has 0 fully saturated rings. The molecule has 0 aliphatic heterocycles. The summed E-state index contributed by atoms with van der Waals surface area (Å²) in [6.45, 7) is 4.20. The number of nitrogens with zero attached hydrogens (tertiary/aromatic N) is 1. The molecule has 1 rings (SSSR count). The number of amides is 1. The molecule has 0 bridgehead atoms. The van der Waals surface area contributed by atoms with Gasteiger partial charge in [-0.1, -0.05) is 13.8 Å². The van der Waals surface area contributed by atoms with E-state index in [4.69, 9.17) is 11.5 Å². The van der Waals surface area contributed by atoms with Gasteiger partial charge in [-0.15, -0.1) is 11.3 Å². The number of thiophene rings is 1. The second-order valence-corrected chi connectivity index (χ2v) is 7.38. The molecule has 0 aliphatic rings. The van der Waals surface area contributed by atoms with Crippen molar-refractivity contribution in [3.05, 3.63) is 4.88 Å². The lowest BCUT2D eigenvalue weighted by molar-refractivity contribution is 0.100. The summed E-state index contributed by atoms with van der Waals surface area (Å²) in [7, 11) is -1.73. The molecule has 108 valence electrons. The van der Waals surface area contributed by atoms with Gasteiger partial charge < -0.3 is 16.4 Å². The number of rotatable bonds is 6. The predicted molar refractivity (Wildman–Crippen MR) is 78.5 cm³/mol. The highest BCUT2D eigenvalue weighted by atomic mass is 32.2. The summed E-state index contributed by atoms with van der Waals surface area (Å²) in [4.78, 5) is 13.2. The number of nitrogens with two attached hydrogens (primary N) is 2. The van der Waals surface area contributed by atoms with Crippen molar-refractivity contribution in [1.29, 1.82) is 0 Å². The van der Waals surface area contributed by atoms with Crippen molar-refractivity contribution in [3.63, 3.8) is 0 Å². The minimum absolute atomic E-state index is 0.0303. The fourth-order valence-electron chi connectivity index (χ4n) is 1.73. The molecule has 0 saturated carbocycles. The molecule has 0 spiro atoms. The predicted octanol–water partition coefficient (Wildman–Crippen LogP) is 1.07. The van der Waals surface area contributed by atoms with Gasteiger partial charge in [0, 0.05) is 13.6 Å². The van der Waals surface area contributed by atoms with Crippen molar-refractivity contribution >= 4 is 37.8 Å². The number of anilines is 2. The zero-order chi connectivity index (χ0) is 14.8. The van der Waals surface area contributed by atoms with Crippen LogP contribution in [-0.2, 0) is 9.84 Å². The monoisotopic (exact) mass is 305 g/mol. The summed E-state index contributed by atoms with van der Waals surface area (Å²) in [5, 5.41) is 0.481. The molecule has 1 aromatic rings. The van der Waals surface area contributed by atoms with Gasteiger partial charge in [0.15, 0.2) is 9.84 Å². The molecule has 1 amide bonds. The van der Waals surface area contributed by atoms with E-state index < -0.39 is 15.7 Å². The normalized spacial score (nSPS) is 11.5. The van der Waals surface area contributed by atoms with Crippen LogP contribution >= 0.6 is 11.3 Å². The van der Waals surface area contributed by atoms with Crippen LogP contribution in [-0.4, -0.2) is 33.7 Å². The molecular formula is C11H19N3O3S2. The van der Waals surface area contributed by atoms with E-state index in [1.54, 1.807) is 18.9 Å². The van der Waals surface area contributed by atoms with E-state index in [0.29, 0.717) is 11.5 Å². The maximum absolute atomic E-state index is 12.1. The van der Waals surface area contributed by atoms with Gasteiger partial charge in [-0.3, -0.25) is 4.79 Å². The van der Waals surface area contributed by atoms with Gasteiger partial charge in [0.2, 0.25) is 0 Å². The van der Waals surface area contributed by atoms with Gasteiger partial charge in [-0.05, 0) is 6.42 Å². The van der Waals surface area contributed by atoms with Gasteiger partial charge >= 0.3 is 0 Å². The van der Waals surface area contributed by atoms with E-state index in [2.05, 4.69) is 0 Å². The average molecular weight is 305 g/mol. The number of carbonyl (C=O) groups excluding carboxylic acids is 1. The summed E-state index contributed by atoms with van der Waals surface area (Å²) < 4.78 is 24.3. The third-order valence-corrected chi connectivity index (χ3v) is 5.96. The van der Waals surface area contributed by atoms with Crippen molar-refractivity contribution in [1.82, 2.24) is 0 Å². The molecule has 6 nitrogen and oxygen atoms in total. The Hall–Kier alpha value is -1.28. The highest BCUT2D eigenvalue weighted by Gasteiger charge is 2.29. The molecule has 0 unspecified atom stereocenters. The van der Waals surface area contributed by atoms with Crippen LogP contribution in [0.5, 0.6) is 0 Å². The molecule has 1 aromatic heterocycles. The van der Waals surface area contributed by atoms with Crippen molar-refractivity contribution < 1.29 is 13.2 Å². The minimum atomic E-state index is -3.50. The van der Waals surface area contributed by atoms with Crippen LogP contribution in [0.4, 0.5) is 10.7 Å². The molecule has 0 aliphatic carbocycles. The molecule has 19 heavy (non-hydrogen) atoms. The van der Waals surface area contributed by atoms with E-state index in [-0.39, 0.29) is 21.2 Å². The molecule has 0 aromatic carbocycles. The number of carbonyl (C=O) groups is 1. The van der Waals surface area contributed by atoms with Crippen LogP contribution in [0.2, 0.25) is 0 Å². The Morgan fingerprint density at radius 3 is 2.37 bits per heavy atom. The summed E-state index contributed by atoms with van der Waals surface area (Å²) in [6, 6.07) is 0. The van der Waals surface area contributed by atoms with E-state index in [1.807, 2.05) is 6.92 Å². The Kier molecular flexibility index (Phi) is 4.81. The zero-order valence-electron chi connectivity index (χ0n) is 11.3. The first-order chi connectivity index (χ1) is 8.76. The largest absolute Gasteiger partial charge is 0.396 e. The number of primary amides is 1. The first-order valence-corrected chi connectivity index (χ1v) is 8.39. The van der Waals surface area contributed by atoms with Crippen LogP contribution in [0.15, 0.2) is 4.90 Å². The summed E-state index contributed by atoms with van der Waals surface area (Å²) >= 11 is 1.03. The molecule has 4 N–H and O–H groups in total. The highest BCUT2D eigenvalue weighted by molar-refractivity contribution is 7.92. The molecule has 0 atom stereocenters. The molecule has 8 heteroatoms. The Morgan fingerprint density at radius 2 is 1.95 bits per heavy atom. The van der Waals surface area contributed by atoms with Gasteiger partial charge in [-0.2, -0.15) is 0 Å². The third-order valence-electron chi connectivity index (χ3n) is 2.70. The minimum Gasteiger partial charge on any atom is -0.396 e. The molecular weight excluding hydrogens is 286 g/mol. The standard InChI is InChI=1S/C11H19N3O3S2/c1-4-6-14(3)11-9(19(16,17)5-2)7(12)8(18-11)10(13)15/h4-6,12H2,1-3H3,(H2,13,15). The smallest absolute Gasteiger partial charge is 0.261 e. The summed E-state index contributed by atoms with van der Waals surface area (Å²) in [5.74, 6) is -0.773. The zero-order valence-corrected chi connectivity index (χ0v) is 12.9. The highest BCUT2D eigenvalue weighted by Crippen LogP contribution is 2.41.